The molecule has 90 valence electrons. The highest BCUT2D eigenvalue weighted by Crippen LogP contribution is 2.25. The molecule has 1 aromatic carbocycles. The van der Waals surface area contributed by atoms with Gasteiger partial charge in [0.2, 0.25) is 0 Å². The van der Waals surface area contributed by atoms with Gasteiger partial charge in [-0.15, -0.1) is 0 Å². The normalized spacial score (nSPS) is 10.8. The van der Waals surface area contributed by atoms with Crippen LogP contribution in [0.4, 0.5) is 0 Å². The summed E-state index contributed by atoms with van der Waals surface area (Å²) < 4.78 is 5.41. The summed E-state index contributed by atoms with van der Waals surface area (Å²) in [5, 5.41) is 0. The Labute approximate surface area is 105 Å². The molecule has 0 unspecified atom stereocenters. The van der Waals surface area contributed by atoms with Crippen LogP contribution in [-0.2, 0) is 0 Å². The van der Waals surface area contributed by atoms with Gasteiger partial charge in [-0.1, -0.05) is 18.2 Å². The molecule has 3 heteroatoms. The van der Waals surface area contributed by atoms with E-state index in [0.717, 1.165) is 34.1 Å². The number of benzene rings is 1. The van der Waals surface area contributed by atoms with Gasteiger partial charge in [0, 0.05) is 16.8 Å². The summed E-state index contributed by atoms with van der Waals surface area (Å²) in [6.45, 7) is 4.04. The second-order valence-corrected chi connectivity index (χ2v) is 4.35. The molecule has 1 N–H and O–H groups in total. The molecule has 18 heavy (non-hydrogen) atoms. The lowest BCUT2D eigenvalue weighted by Crippen LogP contribution is -1.82. The van der Waals surface area contributed by atoms with E-state index in [1.807, 2.05) is 44.2 Å². The van der Waals surface area contributed by atoms with Gasteiger partial charge >= 0.3 is 0 Å². The summed E-state index contributed by atoms with van der Waals surface area (Å²) in [5.41, 5.74) is 4.27. The van der Waals surface area contributed by atoms with Gasteiger partial charge < -0.3 is 9.40 Å². The fraction of sp³-hybridized carbons (Fsp3) is 0.133. The summed E-state index contributed by atoms with van der Waals surface area (Å²) in [6, 6.07) is 12.0. The maximum Gasteiger partial charge on any atom is 0.137 e. The number of hydrogen-bond donors (Lipinski definition) is 1. The van der Waals surface area contributed by atoms with Crippen molar-refractivity contribution in [2.45, 2.75) is 13.8 Å². The van der Waals surface area contributed by atoms with Crippen LogP contribution < -0.4 is 0 Å². The highest BCUT2D eigenvalue weighted by atomic mass is 16.3. The molecular formula is C15H14N2O. The Morgan fingerprint density at radius 2 is 1.89 bits per heavy atom. The van der Waals surface area contributed by atoms with Crippen molar-refractivity contribution in [3.63, 3.8) is 0 Å². The molecule has 0 amide bonds. The molecule has 3 nitrogen and oxygen atoms in total. The van der Waals surface area contributed by atoms with Crippen LogP contribution in [0.15, 0.2) is 47.1 Å². The molecular weight excluding hydrogens is 224 g/mol. The molecule has 0 aliphatic heterocycles. The van der Waals surface area contributed by atoms with E-state index < -0.39 is 0 Å². The minimum Gasteiger partial charge on any atom is -0.464 e. The summed E-state index contributed by atoms with van der Waals surface area (Å²) in [4.78, 5) is 7.81. The van der Waals surface area contributed by atoms with E-state index in [-0.39, 0.29) is 0 Å². The van der Waals surface area contributed by atoms with Crippen molar-refractivity contribution in [3.8, 4) is 22.7 Å². The van der Waals surface area contributed by atoms with Gasteiger partial charge in [0.25, 0.3) is 0 Å². The predicted octanol–water partition coefficient (Wildman–Crippen LogP) is 3.95. The van der Waals surface area contributed by atoms with Crippen molar-refractivity contribution < 1.29 is 4.42 Å². The van der Waals surface area contributed by atoms with E-state index in [1.54, 1.807) is 6.26 Å². The summed E-state index contributed by atoms with van der Waals surface area (Å²) in [6.07, 6.45) is 1.68. The maximum atomic E-state index is 5.41. The number of imidazole rings is 1. The number of aryl methyl sites for hydroxylation is 2. The molecule has 0 aliphatic carbocycles. The van der Waals surface area contributed by atoms with Crippen molar-refractivity contribution in [1.29, 1.82) is 0 Å². The topological polar surface area (TPSA) is 41.8 Å². The Kier molecular flexibility index (Phi) is 2.52. The second-order valence-electron chi connectivity index (χ2n) is 4.35. The molecule has 0 spiro atoms. The number of aromatic nitrogens is 2. The zero-order valence-electron chi connectivity index (χ0n) is 10.4. The molecule has 0 atom stereocenters. The van der Waals surface area contributed by atoms with Crippen LogP contribution >= 0.6 is 0 Å². The number of aromatic amines is 1. The average molecular weight is 238 g/mol. The number of H-pyrrole nitrogens is 1. The quantitative estimate of drug-likeness (QED) is 0.734. The Balaban J connectivity index is 2.06. The van der Waals surface area contributed by atoms with E-state index >= 15 is 0 Å². The van der Waals surface area contributed by atoms with Crippen molar-refractivity contribution in [3.05, 3.63) is 54.0 Å². The predicted molar refractivity (Wildman–Crippen MR) is 71.2 cm³/mol. The molecule has 0 saturated carbocycles. The summed E-state index contributed by atoms with van der Waals surface area (Å²) in [7, 11) is 0. The van der Waals surface area contributed by atoms with E-state index in [0.29, 0.717) is 0 Å². The standard InChI is InChI=1S/C15H14N2O/c1-10-11(2)17-15(16-10)13-6-3-5-12(9-13)14-7-4-8-18-14/h3-9H,1-2H3,(H,16,17). The van der Waals surface area contributed by atoms with E-state index in [2.05, 4.69) is 16.0 Å². The molecule has 0 fully saturated rings. The molecule has 2 aromatic heterocycles. The van der Waals surface area contributed by atoms with E-state index in [1.165, 1.54) is 0 Å². The molecule has 0 saturated heterocycles. The minimum absolute atomic E-state index is 0.872. The third kappa shape index (κ3) is 1.84. The van der Waals surface area contributed by atoms with Crippen LogP contribution in [0.3, 0.4) is 0 Å². The van der Waals surface area contributed by atoms with Gasteiger partial charge in [-0.2, -0.15) is 0 Å². The first-order valence-corrected chi connectivity index (χ1v) is 5.91. The molecule has 0 bridgehead atoms. The number of rotatable bonds is 2. The zero-order valence-corrected chi connectivity index (χ0v) is 10.4. The Morgan fingerprint density at radius 3 is 2.56 bits per heavy atom. The van der Waals surface area contributed by atoms with Crippen LogP contribution in [0.1, 0.15) is 11.4 Å². The third-order valence-corrected chi connectivity index (χ3v) is 3.07. The zero-order chi connectivity index (χ0) is 12.5. The lowest BCUT2D eigenvalue weighted by Gasteiger charge is -2.00. The van der Waals surface area contributed by atoms with Crippen LogP contribution in [-0.4, -0.2) is 9.97 Å². The van der Waals surface area contributed by atoms with Crippen LogP contribution in [0.25, 0.3) is 22.7 Å². The van der Waals surface area contributed by atoms with Crippen LogP contribution in [0.5, 0.6) is 0 Å². The van der Waals surface area contributed by atoms with Gasteiger partial charge in [0.1, 0.15) is 11.6 Å². The lowest BCUT2D eigenvalue weighted by atomic mass is 10.1. The number of nitrogens with zero attached hydrogens (tertiary/aromatic N) is 1. The van der Waals surface area contributed by atoms with Gasteiger partial charge in [-0.25, -0.2) is 4.98 Å². The smallest absolute Gasteiger partial charge is 0.137 e. The highest BCUT2D eigenvalue weighted by molar-refractivity contribution is 5.67. The van der Waals surface area contributed by atoms with Crippen molar-refractivity contribution >= 4 is 0 Å². The number of furan rings is 1. The molecule has 0 aliphatic rings. The molecule has 3 rings (SSSR count). The van der Waals surface area contributed by atoms with Crippen LogP contribution in [0, 0.1) is 13.8 Å². The second kappa shape index (κ2) is 4.18. The van der Waals surface area contributed by atoms with Gasteiger partial charge in [0.15, 0.2) is 0 Å². The molecule has 3 aromatic rings. The largest absolute Gasteiger partial charge is 0.464 e. The monoisotopic (exact) mass is 238 g/mol. The van der Waals surface area contributed by atoms with Gasteiger partial charge in [-0.3, -0.25) is 0 Å². The highest BCUT2D eigenvalue weighted by Gasteiger charge is 2.07. The fourth-order valence-corrected chi connectivity index (χ4v) is 1.95. The number of hydrogen-bond acceptors (Lipinski definition) is 2. The minimum atomic E-state index is 0.872. The average Bonchev–Trinajstić information content (AvgIpc) is 3.01. The van der Waals surface area contributed by atoms with E-state index in [9.17, 15) is 0 Å². The van der Waals surface area contributed by atoms with Crippen molar-refractivity contribution in [2.75, 3.05) is 0 Å². The summed E-state index contributed by atoms with van der Waals surface area (Å²) >= 11 is 0. The Bertz CT molecular complexity index is 646. The fourth-order valence-electron chi connectivity index (χ4n) is 1.95. The first-order valence-electron chi connectivity index (χ1n) is 5.91. The van der Waals surface area contributed by atoms with Gasteiger partial charge in [-0.05, 0) is 32.0 Å². The van der Waals surface area contributed by atoms with E-state index in [4.69, 9.17) is 4.42 Å². The third-order valence-electron chi connectivity index (χ3n) is 3.07. The maximum absolute atomic E-state index is 5.41. The van der Waals surface area contributed by atoms with Crippen molar-refractivity contribution in [1.82, 2.24) is 9.97 Å². The molecule has 2 heterocycles. The number of nitrogens with one attached hydrogen (secondary N) is 1. The Hall–Kier alpha value is -2.29. The Morgan fingerprint density at radius 1 is 1.06 bits per heavy atom. The first kappa shape index (κ1) is 10.8. The van der Waals surface area contributed by atoms with Gasteiger partial charge in [0.05, 0.1) is 12.0 Å². The summed E-state index contributed by atoms with van der Waals surface area (Å²) in [5.74, 6) is 1.77. The SMILES string of the molecule is Cc1nc(-c2cccc(-c3ccco3)c2)[nH]c1C. The first-order chi connectivity index (χ1) is 8.74. The van der Waals surface area contributed by atoms with Crippen LogP contribution in [0.2, 0.25) is 0 Å². The van der Waals surface area contributed by atoms with Crippen molar-refractivity contribution in [2.24, 2.45) is 0 Å². The molecule has 0 radical (unpaired) electrons. The lowest BCUT2D eigenvalue weighted by molar-refractivity contribution is 0.582.